The number of nitrogens with one attached hydrogen (secondary N) is 3. The van der Waals surface area contributed by atoms with Gasteiger partial charge >= 0.3 is 0 Å². The highest BCUT2D eigenvalue weighted by Gasteiger charge is 2.32. The Bertz CT molecular complexity index is 475. The van der Waals surface area contributed by atoms with Crippen LogP contribution < -0.4 is 10.6 Å². The average molecular weight is 264 g/mol. The van der Waals surface area contributed by atoms with Crippen LogP contribution in [0, 0.1) is 5.92 Å². The minimum atomic E-state index is -0.0559. The second-order valence-electron chi connectivity index (χ2n) is 5.42. The van der Waals surface area contributed by atoms with Crippen LogP contribution in [0.5, 0.6) is 0 Å². The molecular weight excluding hydrogens is 244 g/mol. The van der Waals surface area contributed by atoms with Crippen molar-refractivity contribution in [3.8, 4) is 0 Å². The van der Waals surface area contributed by atoms with Crippen molar-refractivity contribution in [1.29, 1.82) is 0 Å². The van der Waals surface area contributed by atoms with E-state index in [1.165, 1.54) is 6.92 Å². The van der Waals surface area contributed by atoms with Crippen LogP contribution in [0.15, 0.2) is 6.07 Å². The average Bonchev–Trinajstić information content (AvgIpc) is 2.70. The van der Waals surface area contributed by atoms with Gasteiger partial charge < -0.3 is 10.6 Å². The van der Waals surface area contributed by atoms with Crippen molar-refractivity contribution < 1.29 is 9.59 Å². The Morgan fingerprint density at radius 1 is 1.42 bits per heavy atom. The quantitative estimate of drug-likeness (QED) is 0.768. The second-order valence-corrected chi connectivity index (χ2v) is 5.42. The molecule has 0 aromatic carbocycles. The molecular formula is C13H20N4O2. The highest BCUT2D eigenvalue weighted by molar-refractivity contribution is 5.91. The van der Waals surface area contributed by atoms with Crippen LogP contribution >= 0.6 is 0 Å². The smallest absolute Gasteiger partial charge is 0.228 e. The van der Waals surface area contributed by atoms with Crippen molar-refractivity contribution in [2.24, 2.45) is 5.92 Å². The molecule has 0 bridgehead atoms. The highest BCUT2D eigenvalue weighted by Crippen LogP contribution is 2.36. The van der Waals surface area contributed by atoms with E-state index in [0.29, 0.717) is 11.7 Å². The minimum absolute atomic E-state index is 0.00960. The number of H-pyrrole nitrogens is 1. The third kappa shape index (κ3) is 3.33. The zero-order valence-electron chi connectivity index (χ0n) is 11.5. The third-order valence-corrected chi connectivity index (χ3v) is 3.34. The molecule has 3 N–H and O–H groups in total. The summed E-state index contributed by atoms with van der Waals surface area (Å²) in [5.41, 5.74) is 0.945. The maximum atomic E-state index is 11.5. The molecule has 1 aliphatic rings. The van der Waals surface area contributed by atoms with Gasteiger partial charge in [0, 0.05) is 30.9 Å². The molecule has 2 amide bonds. The fourth-order valence-electron chi connectivity index (χ4n) is 2.15. The van der Waals surface area contributed by atoms with Gasteiger partial charge in [0.2, 0.25) is 11.8 Å². The lowest BCUT2D eigenvalue weighted by Gasteiger charge is -2.34. The summed E-state index contributed by atoms with van der Waals surface area (Å²) in [7, 11) is 0. The van der Waals surface area contributed by atoms with Crippen molar-refractivity contribution in [2.45, 2.75) is 45.6 Å². The summed E-state index contributed by atoms with van der Waals surface area (Å²) in [6.45, 7) is 5.22. The molecule has 19 heavy (non-hydrogen) atoms. The van der Waals surface area contributed by atoms with Crippen LogP contribution in [0.4, 0.5) is 5.82 Å². The lowest BCUT2D eigenvalue weighted by atomic mass is 9.78. The zero-order chi connectivity index (χ0) is 14.0. The Morgan fingerprint density at radius 3 is 2.68 bits per heavy atom. The Labute approximate surface area is 112 Å². The predicted molar refractivity (Wildman–Crippen MR) is 71.6 cm³/mol. The van der Waals surface area contributed by atoms with Crippen LogP contribution in [0.2, 0.25) is 0 Å². The number of rotatable bonds is 4. The number of aromatic nitrogens is 2. The second kappa shape index (κ2) is 5.42. The topological polar surface area (TPSA) is 86.9 Å². The molecule has 0 radical (unpaired) electrons. The standard InChI is InChI=1S/C13H20N4O2/c1-7(2)13(19)15-12-6-11(16-17-12)9-4-10(5-9)14-8(3)18/h6-7,9-10H,4-5H2,1-3H3,(H,14,18)(H2,15,16,17,19)/t9-,10+. The summed E-state index contributed by atoms with van der Waals surface area (Å²) in [5, 5.41) is 12.7. The van der Waals surface area contributed by atoms with Gasteiger partial charge in [-0.3, -0.25) is 14.7 Å². The van der Waals surface area contributed by atoms with E-state index in [2.05, 4.69) is 20.8 Å². The molecule has 2 rings (SSSR count). The van der Waals surface area contributed by atoms with Gasteiger partial charge in [0.05, 0.1) is 5.69 Å². The number of carbonyl (C=O) groups excluding carboxylic acids is 2. The van der Waals surface area contributed by atoms with Crippen LogP contribution in [0.25, 0.3) is 0 Å². The van der Waals surface area contributed by atoms with Crippen LogP contribution in [0.1, 0.15) is 45.2 Å². The molecule has 0 aliphatic heterocycles. The van der Waals surface area contributed by atoms with Gasteiger partial charge in [-0.1, -0.05) is 13.8 Å². The normalized spacial score (nSPS) is 21.9. The Balaban J connectivity index is 1.86. The molecule has 1 aliphatic carbocycles. The SMILES string of the molecule is CC(=O)N[C@H]1C[C@@H](c2cc(NC(=O)C(C)C)[nH]n2)C1. The molecule has 1 heterocycles. The van der Waals surface area contributed by atoms with Crippen LogP contribution in [0.3, 0.4) is 0 Å². The first-order chi connectivity index (χ1) is 8.95. The van der Waals surface area contributed by atoms with E-state index >= 15 is 0 Å². The largest absolute Gasteiger partial charge is 0.354 e. The van der Waals surface area contributed by atoms with Gasteiger partial charge in [-0.25, -0.2) is 0 Å². The molecule has 1 aromatic heterocycles. The van der Waals surface area contributed by atoms with Gasteiger partial charge in [0.1, 0.15) is 5.82 Å². The van der Waals surface area contributed by atoms with E-state index in [4.69, 9.17) is 0 Å². The maximum absolute atomic E-state index is 11.5. The Morgan fingerprint density at radius 2 is 2.11 bits per heavy atom. The highest BCUT2D eigenvalue weighted by atomic mass is 16.2. The fraction of sp³-hybridized carbons (Fsp3) is 0.615. The number of carbonyl (C=O) groups is 2. The van der Waals surface area contributed by atoms with Crippen LogP contribution in [-0.2, 0) is 9.59 Å². The number of amides is 2. The maximum Gasteiger partial charge on any atom is 0.228 e. The van der Waals surface area contributed by atoms with Gasteiger partial charge in [0.25, 0.3) is 0 Å². The van der Waals surface area contributed by atoms with Crippen molar-refractivity contribution in [1.82, 2.24) is 15.5 Å². The van der Waals surface area contributed by atoms with Gasteiger partial charge in [-0.15, -0.1) is 0 Å². The predicted octanol–water partition coefficient (Wildman–Crippen LogP) is 1.39. The lowest BCUT2D eigenvalue weighted by Crippen LogP contribution is -2.42. The van der Waals surface area contributed by atoms with E-state index in [1.807, 2.05) is 19.9 Å². The fourth-order valence-corrected chi connectivity index (χ4v) is 2.15. The van der Waals surface area contributed by atoms with E-state index < -0.39 is 0 Å². The molecule has 1 fully saturated rings. The molecule has 0 spiro atoms. The molecule has 0 unspecified atom stereocenters. The third-order valence-electron chi connectivity index (χ3n) is 3.34. The molecule has 6 heteroatoms. The lowest BCUT2D eigenvalue weighted by molar-refractivity contribution is -0.120. The Kier molecular flexibility index (Phi) is 3.87. The molecule has 104 valence electrons. The summed E-state index contributed by atoms with van der Waals surface area (Å²) in [4.78, 5) is 22.4. The van der Waals surface area contributed by atoms with Crippen molar-refractivity contribution in [2.75, 3.05) is 5.32 Å². The summed E-state index contributed by atoms with van der Waals surface area (Å²) in [6.07, 6.45) is 1.81. The first-order valence-electron chi connectivity index (χ1n) is 6.59. The van der Waals surface area contributed by atoms with E-state index in [-0.39, 0.29) is 23.8 Å². The van der Waals surface area contributed by atoms with E-state index in [9.17, 15) is 9.59 Å². The Hall–Kier alpha value is -1.85. The van der Waals surface area contributed by atoms with Gasteiger partial charge in [0.15, 0.2) is 0 Å². The van der Waals surface area contributed by atoms with Crippen molar-refractivity contribution >= 4 is 17.6 Å². The first-order valence-corrected chi connectivity index (χ1v) is 6.59. The summed E-state index contributed by atoms with van der Waals surface area (Å²) < 4.78 is 0. The van der Waals surface area contributed by atoms with E-state index in [1.54, 1.807) is 0 Å². The minimum Gasteiger partial charge on any atom is -0.354 e. The zero-order valence-corrected chi connectivity index (χ0v) is 11.5. The number of aromatic amines is 1. The number of hydrogen-bond donors (Lipinski definition) is 3. The molecule has 0 saturated heterocycles. The summed E-state index contributed by atoms with van der Waals surface area (Å²) >= 11 is 0. The molecule has 6 nitrogen and oxygen atoms in total. The molecule has 1 aromatic rings. The number of anilines is 1. The molecule has 1 saturated carbocycles. The first kappa shape index (κ1) is 13.6. The monoisotopic (exact) mass is 264 g/mol. The van der Waals surface area contributed by atoms with Gasteiger partial charge in [-0.2, -0.15) is 5.10 Å². The number of hydrogen-bond acceptors (Lipinski definition) is 3. The van der Waals surface area contributed by atoms with Crippen molar-refractivity contribution in [3.05, 3.63) is 11.8 Å². The van der Waals surface area contributed by atoms with E-state index in [0.717, 1.165) is 18.5 Å². The molecule has 0 atom stereocenters. The summed E-state index contributed by atoms with van der Waals surface area (Å²) in [6, 6.07) is 2.13. The van der Waals surface area contributed by atoms with Crippen LogP contribution in [-0.4, -0.2) is 28.1 Å². The summed E-state index contributed by atoms with van der Waals surface area (Å²) in [5.74, 6) is 0.921. The van der Waals surface area contributed by atoms with Gasteiger partial charge in [-0.05, 0) is 12.8 Å². The van der Waals surface area contributed by atoms with Crippen molar-refractivity contribution in [3.63, 3.8) is 0 Å². The number of nitrogens with zero attached hydrogens (tertiary/aromatic N) is 1.